The van der Waals surface area contributed by atoms with E-state index in [0.717, 1.165) is 0 Å². The molecule has 3 heterocycles. The zero-order valence-electron chi connectivity index (χ0n) is 21.9. The fraction of sp³-hybridized carbons (Fsp3) is 0.542. The first-order valence-electron chi connectivity index (χ1n) is 11.9. The first kappa shape index (κ1) is 29.5. The van der Waals surface area contributed by atoms with Gasteiger partial charge in [0.05, 0.1) is 40.6 Å². The molecule has 2 aromatic rings. The number of cyclic esters (lactones) is 1. The van der Waals surface area contributed by atoms with E-state index in [2.05, 4.69) is 9.97 Å². The monoisotopic (exact) mass is 577 g/mol. The van der Waals surface area contributed by atoms with E-state index in [1.807, 2.05) is 27.7 Å². The molecule has 0 N–H and O–H groups in total. The number of alkyl halides is 6. The second-order valence-corrected chi connectivity index (χ2v) is 11.1. The molecular weight excluding hydrogens is 551 g/mol. The highest BCUT2D eigenvalue weighted by Gasteiger charge is 2.53. The highest BCUT2D eigenvalue weighted by atomic mass is 32.2. The number of halogens is 6. The topological polar surface area (TPSA) is 73.8 Å². The molecule has 1 aromatic heterocycles. The first-order valence-corrected chi connectivity index (χ1v) is 13.1. The van der Waals surface area contributed by atoms with Crippen LogP contribution in [0.25, 0.3) is 0 Å². The van der Waals surface area contributed by atoms with Crippen LogP contribution in [-0.4, -0.2) is 51.6 Å². The Morgan fingerprint density at radius 2 is 1.54 bits per heavy atom. The maximum absolute atomic E-state index is 13.4. The SMILES string of the molecule is CSc1ncc(B2OC(C)(C)C(C)(C)O2)c(CN2C(=O)OC(c3cc(C(F)(F)F)cc(C(F)(F)F)c3)C2C)n1. The van der Waals surface area contributed by atoms with Gasteiger partial charge in [0.25, 0.3) is 0 Å². The van der Waals surface area contributed by atoms with Crippen LogP contribution in [0.15, 0.2) is 29.6 Å². The van der Waals surface area contributed by atoms with E-state index < -0.39 is 65.6 Å². The molecule has 4 rings (SSSR count). The number of aromatic nitrogens is 2. The Bertz CT molecular complexity index is 1230. The summed E-state index contributed by atoms with van der Waals surface area (Å²) in [7, 11) is -0.872. The van der Waals surface area contributed by atoms with Gasteiger partial charge in [-0.3, -0.25) is 4.90 Å². The van der Waals surface area contributed by atoms with E-state index in [1.54, 1.807) is 6.26 Å². The minimum atomic E-state index is -5.03. The number of ether oxygens (including phenoxy) is 1. The molecule has 212 valence electrons. The number of benzene rings is 1. The minimum absolute atomic E-state index is 0.0321. The predicted molar refractivity (Wildman–Crippen MR) is 130 cm³/mol. The number of nitrogens with zero attached hydrogens (tertiary/aromatic N) is 3. The van der Waals surface area contributed by atoms with Crippen LogP contribution in [0.1, 0.15) is 63.1 Å². The summed E-state index contributed by atoms with van der Waals surface area (Å²) < 4.78 is 98.0. The van der Waals surface area contributed by atoms with Gasteiger partial charge in [-0.15, -0.1) is 0 Å². The van der Waals surface area contributed by atoms with Crippen molar-refractivity contribution in [3.8, 4) is 0 Å². The smallest absolute Gasteiger partial charge is 0.439 e. The van der Waals surface area contributed by atoms with Gasteiger partial charge in [0.15, 0.2) is 5.16 Å². The maximum atomic E-state index is 13.4. The summed E-state index contributed by atoms with van der Waals surface area (Å²) in [5.41, 5.74) is -3.98. The Hall–Kier alpha value is -2.52. The third-order valence-corrected chi connectivity index (χ3v) is 7.78. The number of hydrogen-bond donors (Lipinski definition) is 0. The molecule has 7 nitrogen and oxygen atoms in total. The van der Waals surface area contributed by atoms with Crippen LogP contribution in [0.4, 0.5) is 31.1 Å². The van der Waals surface area contributed by atoms with Crippen LogP contribution in [0.2, 0.25) is 0 Å². The van der Waals surface area contributed by atoms with Crippen LogP contribution in [0.3, 0.4) is 0 Å². The van der Waals surface area contributed by atoms with E-state index in [4.69, 9.17) is 14.0 Å². The fourth-order valence-corrected chi connectivity index (χ4v) is 4.62. The van der Waals surface area contributed by atoms with E-state index >= 15 is 0 Å². The van der Waals surface area contributed by atoms with Crippen molar-refractivity contribution in [2.75, 3.05) is 6.26 Å². The molecule has 0 saturated carbocycles. The highest BCUT2D eigenvalue weighted by molar-refractivity contribution is 7.98. The summed E-state index contributed by atoms with van der Waals surface area (Å²) in [6.45, 7) is 8.75. The lowest BCUT2D eigenvalue weighted by atomic mass is 9.78. The molecule has 2 saturated heterocycles. The third-order valence-electron chi connectivity index (χ3n) is 7.22. The molecule has 1 amide bonds. The van der Waals surface area contributed by atoms with Gasteiger partial charge in [-0.25, -0.2) is 14.8 Å². The Morgan fingerprint density at radius 1 is 1.00 bits per heavy atom. The van der Waals surface area contributed by atoms with Crippen molar-refractivity contribution < 1.29 is 45.2 Å². The number of carbonyl (C=O) groups is 1. The van der Waals surface area contributed by atoms with Crippen LogP contribution in [-0.2, 0) is 32.9 Å². The van der Waals surface area contributed by atoms with Crippen molar-refractivity contribution >= 4 is 30.4 Å². The van der Waals surface area contributed by atoms with Crippen LogP contribution < -0.4 is 5.46 Å². The van der Waals surface area contributed by atoms with Crippen molar-refractivity contribution in [3.05, 3.63) is 46.8 Å². The lowest BCUT2D eigenvalue weighted by molar-refractivity contribution is -0.143. The van der Waals surface area contributed by atoms with Crippen LogP contribution in [0, 0.1) is 0 Å². The van der Waals surface area contributed by atoms with Gasteiger partial charge in [-0.2, -0.15) is 26.3 Å². The molecule has 2 aliphatic rings. The minimum Gasteiger partial charge on any atom is -0.439 e. The zero-order chi connectivity index (χ0) is 29.1. The molecule has 2 fully saturated rings. The number of carbonyl (C=O) groups excluding carboxylic acids is 1. The number of rotatable bonds is 5. The molecule has 2 atom stereocenters. The number of hydrogen-bond acceptors (Lipinski definition) is 7. The van der Waals surface area contributed by atoms with Crippen LogP contribution >= 0.6 is 11.8 Å². The fourth-order valence-electron chi connectivity index (χ4n) is 4.26. The molecule has 0 spiro atoms. The molecule has 2 aliphatic heterocycles. The number of amides is 1. The average molecular weight is 577 g/mol. The molecule has 0 bridgehead atoms. The van der Waals surface area contributed by atoms with Crippen molar-refractivity contribution in [3.63, 3.8) is 0 Å². The molecule has 1 aromatic carbocycles. The Balaban J connectivity index is 1.68. The van der Waals surface area contributed by atoms with E-state index in [0.29, 0.717) is 28.4 Å². The van der Waals surface area contributed by atoms with Gasteiger partial charge in [-0.05, 0) is 64.6 Å². The second-order valence-electron chi connectivity index (χ2n) is 10.4. The van der Waals surface area contributed by atoms with Gasteiger partial charge in [0.1, 0.15) is 6.10 Å². The summed E-state index contributed by atoms with van der Waals surface area (Å²) in [6.07, 6.45) is -9.10. The van der Waals surface area contributed by atoms with Crippen molar-refractivity contribution in [1.82, 2.24) is 14.9 Å². The van der Waals surface area contributed by atoms with E-state index in [-0.39, 0.29) is 12.6 Å². The first-order chi connectivity index (χ1) is 17.8. The largest absolute Gasteiger partial charge is 0.498 e. The molecule has 2 unspecified atom stereocenters. The quantitative estimate of drug-likeness (QED) is 0.198. The highest BCUT2D eigenvalue weighted by Crippen LogP contribution is 2.41. The Morgan fingerprint density at radius 3 is 2.03 bits per heavy atom. The molecule has 15 heteroatoms. The van der Waals surface area contributed by atoms with Crippen molar-refractivity contribution in [2.45, 2.75) is 82.0 Å². The lowest BCUT2D eigenvalue weighted by Crippen LogP contribution is -2.41. The van der Waals surface area contributed by atoms with Crippen molar-refractivity contribution in [1.29, 1.82) is 0 Å². The maximum Gasteiger partial charge on any atom is 0.498 e. The van der Waals surface area contributed by atoms with Gasteiger partial charge < -0.3 is 14.0 Å². The molecule has 39 heavy (non-hydrogen) atoms. The summed E-state index contributed by atoms with van der Waals surface area (Å²) in [5, 5.41) is 0.384. The standard InChI is InChI=1S/C24H26BF6N3O4S/c1-12-18(13-7-14(23(26,27)28)9-15(8-13)24(29,30)31)36-20(35)34(12)11-17-16(10-32-19(33-17)39-6)25-37-21(2,3)22(4,5)38-25/h7-10,12,18H,11H2,1-6H3. The third kappa shape index (κ3) is 5.71. The van der Waals surface area contributed by atoms with Gasteiger partial charge in [-0.1, -0.05) is 11.8 Å². The van der Waals surface area contributed by atoms with Gasteiger partial charge >= 0.3 is 25.6 Å². The van der Waals surface area contributed by atoms with Gasteiger partial charge in [0, 0.05) is 11.7 Å². The van der Waals surface area contributed by atoms with E-state index in [1.165, 1.54) is 29.8 Å². The summed E-state index contributed by atoms with van der Waals surface area (Å²) >= 11 is 1.25. The summed E-state index contributed by atoms with van der Waals surface area (Å²) in [4.78, 5) is 22.9. The summed E-state index contributed by atoms with van der Waals surface area (Å²) in [6, 6.07) is 0.240. The summed E-state index contributed by atoms with van der Waals surface area (Å²) in [5.74, 6) is 0. The normalized spacial score (nSPS) is 22.9. The second kappa shape index (κ2) is 9.84. The Labute approximate surface area is 225 Å². The molecule has 0 radical (unpaired) electrons. The van der Waals surface area contributed by atoms with Gasteiger partial charge in [0.2, 0.25) is 0 Å². The van der Waals surface area contributed by atoms with E-state index in [9.17, 15) is 31.1 Å². The predicted octanol–water partition coefficient (Wildman–Crippen LogP) is 5.62. The number of thioether (sulfide) groups is 1. The van der Waals surface area contributed by atoms with Crippen molar-refractivity contribution in [2.24, 2.45) is 0 Å². The zero-order valence-corrected chi connectivity index (χ0v) is 22.7. The average Bonchev–Trinajstić information content (AvgIpc) is 3.22. The lowest BCUT2D eigenvalue weighted by Gasteiger charge is -2.32. The molecule has 0 aliphatic carbocycles. The van der Waals surface area contributed by atoms with Crippen LogP contribution in [0.5, 0.6) is 0 Å². The Kier molecular flexibility index (Phi) is 7.44. The molecular formula is C24H26BF6N3O4S.